The molecule has 2 fully saturated rings. The standard InChI is InChI=1S/C57H96N14O17S2/c1-29(2)27-38(67-51(81)39(28-30(3)4)68-53(83)40-11-9-23-70(40)55(85)32(58)13-17-42(59)72)50(80)62-33(14-18-43(60)73)49(79)69-46(31(5)6)54(84)64-35(22-26-90-8)47(77)63-34(21-25-89-7)48(78)65-36(16-20-45(75)76)56(86)71-24-10-12-41(71)52(82)66-37(57(87)88)15-19-44(61)74/h29-41,46H,9-28,58H2,1-8H3,(H2,59,72)(H2,60,73)(H2,61,74)(H,62,80)(H,63,77)(H,64,84)(H,65,78)(H,66,82)(H,67,81)(H,68,83)(H,69,79)(H,75,76)(H,87,88)/t32-,33-,34-,35-,36-,37-,38-,39-,40-,41-,46-/m0/s1. The average Bonchev–Trinajstić information content (AvgIpc) is 1.74. The van der Waals surface area contributed by atoms with Gasteiger partial charge in [0.1, 0.15) is 60.4 Å². The molecule has 0 bridgehead atoms. The van der Waals surface area contributed by atoms with Gasteiger partial charge in [0.15, 0.2) is 0 Å². The second kappa shape index (κ2) is 39.8. The van der Waals surface area contributed by atoms with Gasteiger partial charge in [0, 0.05) is 38.8 Å². The van der Waals surface area contributed by atoms with Gasteiger partial charge in [0.25, 0.3) is 0 Å². The van der Waals surface area contributed by atoms with Gasteiger partial charge in [-0.05, 0) is 119 Å². The summed E-state index contributed by atoms with van der Waals surface area (Å²) in [6.07, 6.45) is 1.96. The summed E-state index contributed by atoms with van der Waals surface area (Å²) in [5.74, 6) is -13.7. The zero-order valence-corrected chi connectivity index (χ0v) is 54.4. The monoisotopic (exact) mass is 1310 g/mol. The van der Waals surface area contributed by atoms with Crippen molar-refractivity contribution in [1.82, 2.24) is 52.3 Å². The number of thioether (sulfide) groups is 2. The third kappa shape index (κ3) is 27.4. The zero-order valence-electron chi connectivity index (χ0n) is 52.8. The first-order chi connectivity index (χ1) is 42.2. The van der Waals surface area contributed by atoms with Crippen molar-refractivity contribution in [3.8, 4) is 0 Å². The predicted octanol–water partition coefficient (Wildman–Crippen LogP) is -2.83. The molecule has 0 spiro atoms. The molecule has 33 heteroatoms. The van der Waals surface area contributed by atoms with Crippen molar-refractivity contribution in [2.45, 2.75) is 211 Å². The molecule has 2 saturated heterocycles. The number of nitrogens with two attached hydrogens (primary N) is 4. The quantitative estimate of drug-likeness (QED) is 0.0293. The molecule has 2 aliphatic heterocycles. The minimum atomic E-state index is -1.55. The smallest absolute Gasteiger partial charge is 0.326 e. The summed E-state index contributed by atoms with van der Waals surface area (Å²) >= 11 is 2.63. The lowest BCUT2D eigenvalue weighted by molar-refractivity contribution is -0.145. The van der Waals surface area contributed by atoms with E-state index in [1.165, 1.54) is 28.4 Å². The van der Waals surface area contributed by atoms with E-state index in [-0.39, 0.29) is 108 Å². The van der Waals surface area contributed by atoms with Crippen molar-refractivity contribution < 1.29 is 82.1 Å². The summed E-state index contributed by atoms with van der Waals surface area (Å²) < 4.78 is 0. The number of hydrogen-bond acceptors (Lipinski definition) is 18. The van der Waals surface area contributed by atoms with Crippen LogP contribution in [-0.2, 0) is 71.9 Å². The van der Waals surface area contributed by atoms with Crippen LogP contribution in [0, 0.1) is 17.8 Å². The van der Waals surface area contributed by atoms with Gasteiger partial charge in [-0.1, -0.05) is 41.5 Å². The molecule has 508 valence electrons. The highest BCUT2D eigenvalue weighted by Crippen LogP contribution is 2.23. The maximum Gasteiger partial charge on any atom is 0.326 e. The molecule has 0 unspecified atom stereocenters. The van der Waals surface area contributed by atoms with Gasteiger partial charge in [-0.25, -0.2) is 4.79 Å². The third-order valence-electron chi connectivity index (χ3n) is 15.0. The van der Waals surface area contributed by atoms with Crippen LogP contribution in [0.5, 0.6) is 0 Å². The van der Waals surface area contributed by atoms with Gasteiger partial charge in [0.2, 0.25) is 76.8 Å². The Labute approximate surface area is 533 Å². The minimum absolute atomic E-state index is 0.00713. The van der Waals surface area contributed by atoms with Crippen LogP contribution in [0.3, 0.4) is 0 Å². The summed E-state index contributed by atoms with van der Waals surface area (Å²) in [5, 5.41) is 40.2. The summed E-state index contributed by atoms with van der Waals surface area (Å²) in [6, 6.07) is -14.6. The summed E-state index contributed by atoms with van der Waals surface area (Å²) in [6.45, 7) is 10.5. The fraction of sp³-hybridized carbons (Fsp3) is 0.737. The Kier molecular flexibility index (Phi) is 34.8. The van der Waals surface area contributed by atoms with Crippen LogP contribution < -0.4 is 65.5 Å². The van der Waals surface area contributed by atoms with Crippen molar-refractivity contribution in [3.05, 3.63) is 0 Å². The summed E-state index contributed by atoms with van der Waals surface area (Å²) in [4.78, 5) is 201. The topological polar surface area (TPSA) is 503 Å². The third-order valence-corrected chi connectivity index (χ3v) is 16.3. The molecule has 90 heavy (non-hydrogen) atoms. The molecule has 0 radical (unpaired) electrons. The highest BCUT2D eigenvalue weighted by molar-refractivity contribution is 7.98. The maximum absolute atomic E-state index is 14.3. The molecule has 0 aromatic carbocycles. The lowest BCUT2D eigenvalue weighted by Crippen LogP contribution is -2.61. The number of likely N-dealkylation sites (tertiary alicyclic amines) is 2. The van der Waals surface area contributed by atoms with Crippen LogP contribution in [0.2, 0.25) is 0 Å². The first-order valence-electron chi connectivity index (χ1n) is 30.3. The van der Waals surface area contributed by atoms with E-state index >= 15 is 0 Å². The molecule has 11 atom stereocenters. The van der Waals surface area contributed by atoms with Crippen LogP contribution in [0.4, 0.5) is 0 Å². The number of carbonyl (C=O) groups excluding carboxylic acids is 13. The molecule has 0 aromatic rings. The Morgan fingerprint density at radius 2 is 0.800 bits per heavy atom. The van der Waals surface area contributed by atoms with E-state index in [0.29, 0.717) is 12.2 Å². The number of hydrogen-bond donors (Lipinski definition) is 14. The Bertz CT molecular complexity index is 2540. The van der Waals surface area contributed by atoms with Crippen LogP contribution >= 0.6 is 23.5 Å². The number of aliphatic carboxylic acids is 2. The van der Waals surface area contributed by atoms with Crippen LogP contribution in [0.15, 0.2) is 0 Å². The number of carboxylic acids is 2. The largest absolute Gasteiger partial charge is 0.481 e. The minimum Gasteiger partial charge on any atom is -0.481 e. The van der Waals surface area contributed by atoms with E-state index in [4.69, 9.17) is 22.9 Å². The van der Waals surface area contributed by atoms with Gasteiger partial charge in [0.05, 0.1) is 6.04 Å². The van der Waals surface area contributed by atoms with Crippen LogP contribution in [-0.4, -0.2) is 212 Å². The van der Waals surface area contributed by atoms with E-state index in [1.54, 1.807) is 40.2 Å². The molecule has 0 aliphatic carbocycles. The number of amides is 13. The van der Waals surface area contributed by atoms with E-state index in [9.17, 15) is 82.1 Å². The molecular weight excluding hydrogens is 1220 g/mol. The normalized spacial score (nSPS) is 17.7. The van der Waals surface area contributed by atoms with Crippen LogP contribution in [0.25, 0.3) is 0 Å². The molecule has 0 saturated carbocycles. The Hall–Kier alpha value is -7.29. The number of carbonyl (C=O) groups is 15. The number of nitrogens with zero attached hydrogens (tertiary/aromatic N) is 2. The maximum atomic E-state index is 14.3. The van der Waals surface area contributed by atoms with Crippen molar-refractivity contribution in [1.29, 1.82) is 0 Å². The van der Waals surface area contributed by atoms with Crippen molar-refractivity contribution >= 4 is 112 Å². The fourth-order valence-corrected chi connectivity index (χ4v) is 11.1. The fourth-order valence-electron chi connectivity index (χ4n) is 10.2. The average molecular weight is 1310 g/mol. The van der Waals surface area contributed by atoms with Crippen molar-refractivity contribution in [2.75, 3.05) is 37.1 Å². The Balaban J connectivity index is 2.40. The first-order valence-corrected chi connectivity index (χ1v) is 33.1. The molecule has 2 aliphatic rings. The summed E-state index contributed by atoms with van der Waals surface area (Å²) in [7, 11) is 0. The van der Waals surface area contributed by atoms with Gasteiger partial charge in [-0.15, -0.1) is 0 Å². The Morgan fingerprint density at radius 3 is 1.22 bits per heavy atom. The van der Waals surface area contributed by atoms with E-state index < -0.39 is 180 Å². The highest BCUT2D eigenvalue weighted by Gasteiger charge is 2.42. The Morgan fingerprint density at radius 1 is 0.444 bits per heavy atom. The van der Waals surface area contributed by atoms with Crippen molar-refractivity contribution in [3.63, 3.8) is 0 Å². The molecule has 31 nitrogen and oxygen atoms in total. The van der Waals surface area contributed by atoms with Gasteiger partial charge in [-0.2, -0.15) is 23.5 Å². The van der Waals surface area contributed by atoms with Gasteiger partial charge in [-0.3, -0.25) is 67.1 Å². The number of carboxylic acid groups (broad SMARTS) is 2. The van der Waals surface area contributed by atoms with Crippen LogP contribution in [0.1, 0.15) is 144 Å². The second-order valence-corrected chi connectivity index (χ2v) is 25.7. The molecular formula is C57H96N14O17S2. The molecule has 13 amide bonds. The van der Waals surface area contributed by atoms with Gasteiger partial charge >= 0.3 is 11.9 Å². The van der Waals surface area contributed by atoms with Crippen molar-refractivity contribution in [2.24, 2.45) is 40.7 Å². The SMILES string of the molecule is CSCC[C@H](NC(=O)[C@H](CCSC)NC(=O)[C@@H](NC(=O)[C@H](CCC(N)=O)NC(=O)[C@H](CC(C)C)NC(=O)[C@H](CC(C)C)NC(=O)[C@@H]1CCCN1C(=O)[C@@H](N)CCC(N)=O)C(C)C)C(=O)N[C@@H](CCC(=O)O)C(=O)N1CCC[C@H]1C(=O)N[C@@H](CCC(N)=O)C(=O)O. The number of rotatable bonds is 42. The molecule has 0 aromatic heterocycles. The molecule has 2 rings (SSSR count). The first kappa shape index (κ1) is 78.8. The lowest BCUT2D eigenvalue weighted by atomic mass is 9.98. The van der Waals surface area contributed by atoms with E-state index in [0.717, 1.165) is 4.90 Å². The van der Waals surface area contributed by atoms with E-state index in [2.05, 4.69) is 42.5 Å². The number of primary amides is 3. The highest BCUT2D eigenvalue weighted by atomic mass is 32.2. The predicted molar refractivity (Wildman–Crippen MR) is 332 cm³/mol. The molecule has 18 N–H and O–H groups in total. The lowest BCUT2D eigenvalue weighted by Gasteiger charge is -2.31. The van der Waals surface area contributed by atoms with E-state index in [1.807, 2.05) is 13.8 Å². The molecule has 2 heterocycles. The van der Waals surface area contributed by atoms with Gasteiger partial charge < -0.3 is 85.5 Å². The zero-order chi connectivity index (χ0) is 68.1. The number of nitrogens with one attached hydrogen (secondary N) is 8. The summed E-state index contributed by atoms with van der Waals surface area (Å²) in [5.41, 5.74) is 22.0. The second-order valence-electron chi connectivity index (χ2n) is 23.8.